The molecule has 0 amide bonds. The topological polar surface area (TPSA) is 73.5 Å². The smallest absolute Gasteiger partial charge is 0.157 e. The monoisotopic (exact) mass is 458 g/mol. The van der Waals surface area contributed by atoms with Crippen molar-refractivity contribution in [1.82, 2.24) is 24.9 Å². The van der Waals surface area contributed by atoms with E-state index in [1.807, 2.05) is 24.4 Å². The summed E-state index contributed by atoms with van der Waals surface area (Å²) in [6.07, 6.45) is 4.41. The molecule has 0 radical (unpaired) electrons. The number of imidazole rings is 2. The average molecular weight is 459 g/mol. The Bertz CT molecular complexity index is 1690. The molecular formula is C29H26N6. The van der Waals surface area contributed by atoms with Crippen LogP contribution in [0.4, 0.5) is 5.69 Å². The van der Waals surface area contributed by atoms with Gasteiger partial charge in [0.1, 0.15) is 11.5 Å². The number of benzene rings is 3. The lowest BCUT2D eigenvalue weighted by atomic mass is 9.99. The molecule has 3 aromatic heterocycles. The van der Waals surface area contributed by atoms with Gasteiger partial charge in [0.05, 0.1) is 22.1 Å². The van der Waals surface area contributed by atoms with E-state index in [2.05, 4.69) is 75.3 Å². The predicted molar refractivity (Wildman–Crippen MR) is 143 cm³/mol. The number of piperidine rings is 1. The quantitative estimate of drug-likeness (QED) is 0.315. The van der Waals surface area contributed by atoms with Crippen molar-refractivity contribution in [1.29, 1.82) is 0 Å². The summed E-state index contributed by atoms with van der Waals surface area (Å²) >= 11 is 0. The molecule has 1 aliphatic rings. The van der Waals surface area contributed by atoms with Gasteiger partial charge in [0.2, 0.25) is 0 Å². The van der Waals surface area contributed by atoms with Crippen molar-refractivity contribution < 1.29 is 0 Å². The number of anilines is 1. The highest BCUT2D eigenvalue weighted by Gasteiger charge is 2.17. The molecule has 1 saturated heterocycles. The molecule has 1 aliphatic heterocycles. The van der Waals surface area contributed by atoms with Gasteiger partial charge in [-0.1, -0.05) is 31.2 Å². The fourth-order valence-electron chi connectivity index (χ4n) is 5.09. The molecule has 6 aromatic rings. The first-order chi connectivity index (χ1) is 17.2. The van der Waals surface area contributed by atoms with Crippen molar-refractivity contribution in [2.45, 2.75) is 19.8 Å². The predicted octanol–water partition coefficient (Wildman–Crippen LogP) is 6.56. The van der Waals surface area contributed by atoms with Gasteiger partial charge in [-0.3, -0.25) is 4.98 Å². The van der Waals surface area contributed by atoms with Gasteiger partial charge in [-0.05, 0) is 66.6 Å². The van der Waals surface area contributed by atoms with Gasteiger partial charge in [0.25, 0.3) is 0 Å². The van der Waals surface area contributed by atoms with E-state index in [1.165, 1.54) is 18.5 Å². The fraction of sp³-hybridized carbons (Fsp3) is 0.207. The van der Waals surface area contributed by atoms with E-state index in [1.54, 1.807) is 0 Å². The Morgan fingerprint density at radius 1 is 0.771 bits per heavy atom. The number of rotatable bonds is 3. The number of pyridine rings is 1. The zero-order chi connectivity index (χ0) is 23.4. The molecule has 0 bridgehead atoms. The van der Waals surface area contributed by atoms with Crippen LogP contribution in [0, 0.1) is 5.92 Å². The highest BCUT2D eigenvalue weighted by molar-refractivity contribution is 5.88. The molecule has 172 valence electrons. The number of nitrogens with one attached hydrogen (secondary N) is 2. The summed E-state index contributed by atoms with van der Waals surface area (Å²) in [5.74, 6) is 2.46. The van der Waals surface area contributed by atoms with Crippen molar-refractivity contribution in [3.63, 3.8) is 0 Å². The Balaban J connectivity index is 1.22. The van der Waals surface area contributed by atoms with Crippen molar-refractivity contribution in [2.24, 2.45) is 5.92 Å². The van der Waals surface area contributed by atoms with Crippen molar-refractivity contribution >= 4 is 38.5 Å². The van der Waals surface area contributed by atoms with E-state index >= 15 is 0 Å². The average Bonchev–Trinajstić information content (AvgIpc) is 3.52. The first-order valence-corrected chi connectivity index (χ1v) is 12.3. The van der Waals surface area contributed by atoms with Gasteiger partial charge in [0.15, 0.2) is 5.82 Å². The molecule has 6 nitrogen and oxygen atoms in total. The maximum Gasteiger partial charge on any atom is 0.157 e. The van der Waals surface area contributed by atoms with Crippen LogP contribution in [0.2, 0.25) is 0 Å². The van der Waals surface area contributed by atoms with Crippen LogP contribution in [0.5, 0.6) is 0 Å². The normalized spacial score (nSPS) is 14.9. The minimum Gasteiger partial charge on any atom is -0.371 e. The molecule has 7 rings (SSSR count). The molecule has 0 saturated carbocycles. The maximum absolute atomic E-state index is 4.87. The van der Waals surface area contributed by atoms with Crippen molar-refractivity contribution in [3.05, 3.63) is 72.9 Å². The third-order valence-corrected chi connectivity index (χ3v) is 7.24. The number of fused-ring (bicyclic) bond motifs is 3. The van der Waals surface area contributed by atoms with Gasteiger partial charge in [-0.2, -0.15) is 0 Å². The number of nitrogens with zero attached hydrogens (tertiary/aromatic N) is 4. The molecule has 0 atom stereocenters. The molecule has 3 aromatic carbocycles. The molecular weight excluding hydrogens is 432 g/mol. The summed E-state index contributed by atoms with van der Waals surface area (Å²) in [5.41, 5.74) is 7.08. The van der Waals surface area contributed by atoms with Gasteiger partial charge in [0, 0.05) is 35.9 Å². The van der Waals surface area contributed by atoms with Crippen LogP contribution in [-0.2, 0) is 0 Å². The fourth-order valence-corrected chi connectivity index (χ4v) is 5.09. The summed E-state index contributed by atoms with van der Waals surface area (Å²) in [6.45, 7) is 4.59. The summed E-state index contributed by atoms with van der Waals surface area (Å²) in [5, 5.41) is 2.27. The second-order valence-electron chi connectivity index (χ2n) is 9.69. The van der Waals surface area contributed by atoms with E-state index in [4.69, 9.17) is 9.97 Å². The standard InChI is InChI=1S/C29H26N6/c1-18-10-12-35(13-11-18)22-7-9-24-26(16-22)33-28(31-24)20-6-8-23-25(15-20)34-29(32-23)27-14-19-4-2-3-5-21(19)17-30-27/h2-9,14-18H,10-13H2,1H3,(H,31,33)(H,32,34). The lowest BCUT2D eigenvalue weighted by molar-refractivity contribution is 0.438. The van der Waals surface area contributed by atoms with E-state index in [0.717, 1.165) is 74.8 Å². The highest BCUT2D eigenvalue weighted by atomic mass is 15.1. The van der Waals surface area contributed by atoms with Crippen LogP contribution < -0.4 is 4.90 Å². The lowest BCUT2D eigenvalue weighted by Crippen LogP contribution is -2.32. The number of aromatic nitrogens is 5. The Labute approximate surface area is 203 Å². The van der Waals surface area contributed by atoms with Crippen LogP contribution >= 0.6 is 0 Å². The highest BCUT2D eigenvalue weighted by Crippen LogP contribution is 2.29. The largest absolute Gasteiger partial charge is 0.371 e. The van der Waals surface area contributed by atoms with Crippen LogP contribution in [0.15, 0.2) is 72.9 Å². The van der Waals surface area contributed by atoms with E-state index in [0.29, 0.717) is 0 Å². The molecule has 1 fully saturated rings. The summed E-state index contributed by atoms with van der Waals surface area (Å²) in [7, 11) is 0. The van der Waals surface area contributed by atoms with Gasteiger partial charge in [-0.25, -0.2) is 9.97 Å². The Kier molecular flexibility index (Phi) is 4.59. The van der Waals surface area contributed by atoms with Crippen LogP contribution in [0.25, 0.3) is 55.7 Å². The number of hydrogen-bond donors (Lipinski definition) is 2. The first kappa shape index (κ1) is 20.2. The minimum atomic E-state index is 0.771. The summed E-state index contributed by atoms with van der Waals surface area (Å²) in [6, 6.07) is 23.1. The van der Waals surface area contributed by atoms with Crippen molar-refractivity contribution in [3.8, 4) is 22.9 Å². The maximum atomic E-state index is 4.87. The van der Waals surface area contributed by atoms with E-state index in [-0.39, 0.29) is 0 Å². The number of aromatic amines is 2. The second kappa shape index (κ2) is 7.94. The third-order valence-electron chi connectivity index (χ3n) is 7.24. The van der Waals surface area contributed by atoms with Crippen molar-refractivity contribution in [2.75, 3.05) is 18.0 Å². The Morgan fingerprint density at radius 3 is 2.34 bits per heavy atom. The third kappa shape index (κ3) is 3.62. The van der Waals surface area contributed by atoms with Gasteiger partial charge in [-0.15, -0.1) is 0 Å². The Hall–Kier alpha value is -4.19. The molecule has 35 heavy (non-hydrogen) atoms. The Morgan fingerprint density at radius 2 is 1.49 bits per heavy atom. The molecule has 2 N–H and O–H groups in total. The molecule has 0 spiro atoms. The van der Waals surface area contributed by atoms with Crippen LogP contribution in [0.3, 0.4) is 0 Å². The molecule has 6 heteroatoms. The molecule has 0 unspecified atom stereocenters. The molecule has 0 aliphatic carbocycles. The summed E-state index contributed by atoms with van der Waals surface area (Å²) in [4.78, 5) is 23.7. The molecule has 4 heterocycles. The van der Waals surface area contributed by atoms with Gasteiger partial charge >= 0.3 is 0 Å². The minimum absolute atomic E-state index is 0.771. The van der Waals surface area contributed by atoms with Gasteiger partial charge < -0.3 is 14.9 Å². The first-order valence-electron chi connectivity index (χ1n) is 12.3. The van der Waals surface area contributed by atoms with Crippen LogP contribution in [0.1, 0.15) is 19.8 Å². The lowest BCUT2D eigenvalue weighted by Gasteiger charge is -2.32. The summed E-state index contributed by atoms with van der Waals surface area (Å²) < 4.78 is 0. The SMILES string of the molecule is CC1CCN(c2ccc3nc(-c4ccc5nc(-c6cc7ccccc7cn6)[nH]c5c4)[nH]c3c2)CC1. The number of hydrogen-bond acceptors (Lipinski definition) is 4. The number of H-pyrrole nitrogens is 2. The zero-order valence-corrected chi connectivity index (χ0v) is 19.6. The van der Waals surface area contributed by atoms with Crippen LogP contribution in [-0.4, -0.2) is 38.0 Å². The second-order valence-corrected chi connectivity index (χ2v) is 9.69. The van der Waals surface area contributed by atoms with E-state index in [9.17, 15) is 0 Å². The zero-order valence-electron chi connectivity index (χ0n) is 19.6. The van der Waals surface area contributed by atoms with E-state index < -0.39 is 0 Å².